The third kappa shape index (κ3) is 4.61. The van der Waals surface area contributed by atoms with Crippen LogP contribution in [-0.2, 0) is 4.79 Å². The standard InChI is InChI=1S/C17H20N2O2/c1-13(11-12-18)17(20)19-14-7-9-16(10-8-14)21-15-5-3-2-4-6-15/h2-10,13H,11-12,18H2,1H3,(H,19,20). The largest absolute Gasteiger partial charge is 0.457 e. The van der Waals surface area contributed by atoms with Gasteiger partial charge in [-0.2, -0.15) is 0 Å². The van der Waals surface area contributed by atoms with Gasteiger partial charge in [-0.1, -0.05) is 25.1 Å². The Morgan fingerprint density at radius 3 is 2.33 bits per heavy atom. The van der Waals surface area contributed by atoms with Gasteiger partial charge in [-0.25, -0.2) is 0 Å². The molecule has 0 aromatic heterocycles. The third-order valence-electron chi connectivity index (χ3n) is 3.15. The van der Waals surface area contributed by atoms with Gasteiger partial charge in [0.25, 0.3) is 0 Å². The summed E-state index contributed by atoms with van der Waals surface area (Å²) < 4.78 is 5.70. The maximum Gasteiger partial charge on any atom is 0.227 e. The number of benzene rings is 2. The Labute approximate surface area is 124 Å². The van der Waals surface area contributed by atoms with Crippen molar-refractivity contribution < 1.29 is 9.53 Å². The van der Waals surface area contributed by atoms with E-state index in [-0.39, 0.29) is 11.8 Å². The molecular formula is C17H20N2O2. The molecule has 2 aromatic carbocycles. The van der Waals surface area contributed by atoms with Crippen LogP contribution in [0.2, 0.25) is 0 Å². The molecule has 4 nitrogen and oxygen atoms in total. The van der Waals surface area contributed by atoms with Gasteiger partial charge in [-0.15, -0.1) is 0 Å². The Balaban J connectivity index is 1.94. The molecule has 3 N–H and O–H groups in total. The van der Waals surface area contributed by atoms with E-state index in [0.717, 1.165) is 17.2 Å². The average molecular weight is 284 g/mol. The number of amides is 1. The Morgan fingerprint density at radius 2 is 1.71 bits per heavy atom. The zero-order chi connectivity index (χ0) is 15.1. The third-order valence-corrected chi connectivity index (χ3v) is 3.15. The Morgan fingerprint density at radius 1 is 1.10 bits per heavy atom. The van der Waals surface area contributed by atoms with E-state index < -0.39 is 0 Å². The van der Waals surface area contributed by atoms with Gasteiger partial charge >= 0.3 is 0 Å². The molecule has 21 heavy (non-hydrogen) atoms. The van der Waals surface area contributed by atoms with Gasteiger partial charge in [-0.3, -0.25) is 4.79 Å². The van der Waals surface area contributed by atoms with E-state index in [1.54, 1.807) is 0 Å². The van der Waals surface area contributed by atoms with E-state index in [1.165, 1.54) is 0 Å². The molecule has 0 spiro atoms. The van der Waals surface area contributed by atoms with Crippen LogP contribution in [0.4, 0.5) is 5.69 Å². The monoisotopic (exact) mass is 284 g/mol. The number of carbonyl (C=O) groups excluding carboxylic acids is 1. The molecule has 1 amide bonds. The number of hydrogen-bond acceptors (Lipinski definition) is 3. The summed E-state index contributed by atoms with van der Waals surface area (Å²) in [4.78, 5) is 11.9. The molecule has 0 fully saturated rings. The van der Waals surface area contributed by atoms with Crippen LogP contribution in [0, 0.1) is 5.92 Å². The maximum absolute atomic E-state index is 11.9. The molecule has 1 unspecified atom stereocenters. The lowest BCUT2D eigenvalue weighted by Gasteiger charge is -2.11. The van der Waals surface area contributed by atoms with Crippen LogP contribution in [0.1, 0.15) is 13.3 Å². The molecule has 110 valence electrons. The zero-order valence-electron chi connectivity index (χ0n) is 12.1. The summed E-state index contributed by atoms with van der Waals surface area (Å²) in [5.74, 6) is 1.41. The number of anilines is 1. The van der Waals surface area contributed by atoms with Gasteiger partial charge < -0.3 is 15.8 Å². The van der Waals surface area contributed by atoms with Crippen molar-refractivity contribution >= 4 is 11.6 Å². The predicted molar refractivity (Wildman–Crippen MR) is 84.4 cm³/mol. The predicted octanol–water partition coefficient (Wildman–Crippen LogP) is 3.40. The van der Waals surface area contributed by atoms with Gasteiger partial charge in [0.2, 0.25) is 5.91 Å². The minimum Gasteiger partial charge on any atom is -0.457 e. The number of para-hydroxylation sites is 1. The number of nitrogens with two attached hydrogens (primary N) is 1. The van der Waals surface area contributed by atoms with Crippen molar-refractivity contribution in [1.29, 1.82) is 0 Å². The van der Waals surface area contributed by atoms with Gasteiger partial charge in [0, 0.05) is 11.6 Å². The molecule has 0 bridgehead atoms. The lowest BCUT2D eigenvalue weighted by atomic mass is 10.1. The lowest BCUT2D eigenvalue weighted by Crippen LogP contribution is -2.22. The Kier molecular flexibility index (Phi) is 5.35. The van der Waals surface area contributed by atoms with Gasteiger partial charge in [0.1, 0.15) is 11.5 Å². The van der Waals surface area contributed by atoms with Crippen LogP contribution in [0.25, 0.3) is 0 Å². The zero-order valence-corrected chi connectivity index (χ0v) is 12.1. The number of carbonyl (C=O) groups is 1. The molecule has 2 aromatic rings. The second-order valence-electron chi connectivity index (χ2n) is 4.91. The first-order chi connectivity index (χ1) is 10.2. The first-order valence-corrected chi connectivity index (χ1v) is 7.03. The van der Waals surface area contributed by atoms with Crippen molar-refractivity contribution in [3.8, 4) is 11.5 Å². The highest BCUT2D eigenvalue weighted by atomic mass is 16.5. The molecule has 0 aliphatic carbocycles. The highest BCUT2D eigenvalue weighted by Gasteiger charge is 2.11. The summed E-state index contributed by atoms with van der Waals surface area (Å²) in [5, 5.41) is 2.87. The minimum atomic E-state index is -0.0877. The molecule has 4 heteroatoms. The van der Waals surface area contributed by atoms with Crippen molar-refractivity contribution in [2.24, 2.45) is 11.7 Å². The van der Waals surface area contributed by atoms with E-state index in [0.29, 0.717) is 13.0 Å². The average Bonchev–Trinajstić information content (AvgIpc) is 2.50. The molecule has 0 aliphatic rings. The summed E-state index contributed by atoms with van der Waals surface area (Å²) in [6.07, 6.45) is 0.682. The number of rotatable bonds is 6. The van der Waals surface area contributed by atoms with E-state index in [4.69, 9.17) is 10.5 Å². The van der Waals surface area contributed by atoms with Crippen molar-refractivity contribution in [3.63, 3.8) is 0 Å². The number of hydrogen-bond donors (Lipinski definition) is 2. The fraction of sp³-hybridized carbons (Fsp3) is 0.235. The van der Waals surface area contributed by atoms with E-state index in [2.05, 4.69) is 5.32 Å². The van der Waals surface area contributed by atoms with Crippen molar-refractivity contribution in [1.82, 2.24) is 0 Å². The van der Waals surface area contributed by atoms with Gasteiger partial charge in [0.05, 0.1) is 0 Å². The first-order valence-electron chi connectivity index (χ1n) is 7.03. The molecule has 0 radical (unpaired) electrons. The minimum absolute atomic E-state index is 0.0165. The highest BCUT2D eigenvalue weighted by molar-refractivity contribution is 5.92. The second kappa shape index (κ2) is 7.45. The lowest BCUT2D eigenvalue weighted by molar-refractivity contribution is -0.119. The van der Waals surface area contributed by atoms with E-state index >= 15 is 0 Å². The smallest absolute Gasteiger partial charge is 0.227 e. The normalized spacial score (nSPS) is 11.7. The van der Waals surface area contributed by atoms with Crippen LogP contribution in [0.15, 0.2) is 54.6 Å². The van der Waals surface area contributed by atoms with E-state index in [1.807, 2.05) is 61.5 Å². The van der Waals surface area contributed by atoms with Crippen LogP contribution in [0.3, 0.4) is 0 Å². The number of nitrogens with one attached hydrogen (secondary N) is 1. The van der Waals surface area contributed by atoms with Crippen LogP contribution in [-0.4, -0.2) is 12.5 Å². The summed E-state index contributed by atoms with van der Waals surface area (Å²) in [5.41, 5.74) is 6.21. The summed E-state index contributed by atoms with van der Waals surface area (Å²) >= 11 is 0. The molecule has 0 saturated heterocycles. The highest BCUT2D eigenvalue weighted by Crippen LogP contribution is 2.22. The van der Waals surface area contributed by atoms with E-state index in [9.17, 15) is 4.79 Å². The van der Waals surface area contributed by atoms with Gasteiger partial charge in [-0.05, 0) is 49.4 Å². The summed E-state index contributed by atoms with van der Waals surface area (Å²) in [7, 11) is 0. The Hall–Kier alpha value is -2.33. The van der Waals surface area contributed by atoms with Crippen molar-refractivity contribution in [2.45, 2.75) is 13.3 Å². The van der Waals surface area contributed by atoms with Crippen molar-refractivity contribution in [2.75, 3.05) is 11.9 Å². The van der Waals surface area contributed by atoms with Crippen LogP contribution < -0.4 is 15.8 Å². The maximum atomic E-state index is 11.9. The Bertz CT molecular complexity index is 567. The molecule has 0 saturated carbocycles. The fourth-order valence-corrected chi connectivity index (χ4v) is 1.88. The molecule has 0 heterocycles. The second-order valence-corrected chi connectivity index (χ2v) is 4.91. The first kappa shape index (κ1) is 15.1. The van der Waals surface area contributed by atoms with Crippen molar-refractivity contribution in [3.05, 3.63) is 54.6 Å². The topological polar surface area (TPSA) is 64.4 Å². The van der Waals surface area contributed by atoms with Crippen LogP contribution >= 0.6 is 0 Å². The van der Waals surface area contributed by atoms with Gasteiger partial charge in [0.15, 0.2) is 0 Å². The fourth-order valence-electron chi connectivity index (χ4n) is 1.88. The summed E-state index contributed by atoms with van der Waals surface area (Å²) in [6.45, 7) is 2.38. The molecule has 0 aliphatic heterocycles. The number of ether oxygens (including phenoxy) is 1. The molecule has 2 rings (SSSR count). The quantitative estimate of drug-likeness (QED) is 0.854. The molecule has 1 atom stereocenters. The SMILES string of the molecule is CC(CCN)C(=O)Nc1ccc(Oc2ccccc2)cc1. The molecular weight excluding hydrogens is 264 g/mol. The van der Waals surface area contributed by atoms with Crippen LogP contribution in [0.5, 0.6) is 11.5 Å². The summed E-state index contributed by atoms with van der Waals surface area (Å²) in [6, 6.07) is 16.9.